The highest BCUT2D eigenvalue weighted by Crippen LogP contribution is 2.31. The van der Waals surface area contributed by atoms with Gasteiger partial charge in [0.2, 0.25) is 0 Å². The molecule has 6 nitrogen and oxygen atoms in total. The predicted octanol–water partition coefficient (Wildman–Crippen LogP) is 3.96. The predicted molar refractivity (Wildman–Crippen MR) is 103 cm³/mol. The van der Waals surface area contributed by atoms with Gasteiger partial charge in [0.05, 0.1) is 21.6 Å². The van der Waals surface area contributed by atoms with E-state index in [0.29, 0.717) is 21.6 Å². The minimum absolute atomic E-state index is 0.0258. The third-order valence-corrected chi connectivity index (χ3v) is 4.64. The topological polar surface area (TPSA) is 77.3 Å². The molecule has 2 N–H and O–H groups in total. The van der Waals surface area contributed by atoms with Crippen LogP contribution in [0.2, 0.25) is 0 Å². The molecule has 0 radical (unpaired) electrons. The van der Waals surface area contributed by atoms with Crippen LogP contribution in [0.15, 0.2) is 51.1 Å². The number of para-hydroxylation sites is 1. The number of nitrogens with one attached hydrogen (secondary N) is 1. The van der Waals surface area contributed by atoms with Gasteiger partial charge in [0, 0.05) is 0 Å². The molecule has 0 aliphatic carbocycles. The Kier molecular flexibility index (Phi) is 4.59. The number of aryl methyl sites for hydroxylation is 2. The number of carbonyl (C=O) groups is 1. The van der Waals surface area contributed by atoms with Gasteiger partial charge < -0.3 is 5.11 Å². The van der Waals surface area contributed by atoms with Gasteiger partial charge in [-0.25, -0.2) is 0 Å². The Hall–Kier alpha value is -2.67. The summed E-state index contributed by atoms with van der Waals surface area (Å²) in [5, 5.41) is 19.8. The summed E-state index contributed by atoms with van der Waals surface area (Å²) in [7, 11) is 0. The summed E-state index contributed by atoms with van der Waals surface area (Å²) >= 11 is 3.24. The van der Waals surface area contributed by atoms with Crippen molar-refractivity contribution in [1.82, 2.24) is 0 Å². The second-order valence-corrected chi connectivity index (χ2v) is 6.63. The van der Waals surface area contributed by atoms with E-state index in [1.54, 1.807) is 25.1 Å². The summed E-state index contributed by atoms with van der Waals surface area (Å²) in [6, 6.07) is 10.9. The molecule has 1 aliphatic rings. The Bertz CT molecular complexity index is 921. The maximum absolute atomic E-state index is 12.7. The molecular formula is C18H17BrN4O2. The van der Waals surface area contributed by atoms with E-state index in [9.17, 15) is 9.90 Å². The summed E-state index contributed by atoms with van der Waals surface area (Å²) in [4.78, 5) is 12.7. The molecule has 1 amide bonds. The van der Waals surface area contributed by atoms with Gasteiger partial charge in [-0.3, -0.25) is 10.2 Å². The number of hydrazone groups is 2. The number of phenols is 1. The molecular weight excluding hydrogens is 384 g/mol. The van der Waals surface area contributed by atoms with Crippen molar-refractivity contribution in [1.29, 1.82) is 0 Å². The van der Waals surface area contributed by atoms with Crippen LogP contribution >= 0.6 is 15.9 Å². The normalized spacial score (nSPS) is 15.7. The lowest BCUT2D eigenvalue weighted by molar-refractivity contribution is -0.112. The van der Waals surface area contributed by atoms with E-state index in [0.717, 1.165) is 11.1 Å². The van der Waals surface area contributed by atoms with Gasteiger partial charge in [-0.05, 0) is 72.1 Å². The first kappa shape index (κ1) is 17.2. The number of hydrogen-bond donors (Lipinski definition) is 2. The molecule has 0 unspecified atom stereocenters. The van der Waals surface area contributed by atoms with Crippen LogP contribution in [0.25, 0.3) is 0 Å². The van der Waals surface area contributed by atoms with Gasteiger partial charge in [0.25, 0.3) is 0 Å². The van der Waals surface area contributed by atoms with E-state index >= 15 is 0 Å². The molecule has 25 heavy (non-hydrogen) atoms. The van der Waals surface area contributed by atoms with Crippen LogP contribution in [0.1, 0.15) is 18.1 Å². The fourth-order valence-corrected chi connectivity index (χ4v) is 2.75. The molecule has 0 fully saturated rings. The molecule has 0 saturated carbocycles. The van der Waals surface area contributed by atoms with Gasteiger partial charge in [-0.1, -0.05) is 12.1 Å². The van der Waals surface area contributed by atoms with Gasteiger partial charge in [-0.15, -0.1) is 0 Å². The molecule has 2 aromatic rings. The smallest absolute Gasteiger partial charge is 0.301 e. The molecule has 128 valence electrons. The zero-order valence-corrected chi connectivity index (χ0v) is 15.6. The Balaban J connectivity index is 1.87. The number of rotatable bonds is 3. The minimum atomic E-state index is -0.317. The summed E-state index contributed by atoms with van der Waals surface area (Å²) in [5.74, 6) is -0.291. The highest BCUT2D eigenvalue weighted by Gasteiger charge is 2.31. The van der Waals surface area contributed by atoms with Crippen LogP contribution in [0.3, 0.4) is 0 Å². The maximum Gasteiger partial charge on any atom is 0.301 e. The van der Waals surface area contributed by atoms with Gasteiger partial charge >= 0.3 is 5.91 Å². The second-order valence-electron chi connectivity index (χ2n) is 5.78. The minimum Gasteiger partial charge on any atom is -0.505 e. The summed E-state index contributed by atoms with van der Waals surface area (Å²) in [5.41, 5.74) is 6.77. The second kappa shape index (κ2) is 6.68. The number of phenolic OH excluding ortho intramolecular Hbond substituents is 1. The van der Waals surface area contributed by atoms with Crippen molar-refractivity contribution in [3.8, 4) is 5.75 Å². The van der Waals surface area contributed by atoms with Crippen molar-refractivity contribution in [3.63, 3.8) is 0 Å². The number of benzene rings is 2. The monoisotopic (exact) mass is 400 g/mol. The van der Waals surface area contributed by atoms with E-state index in [4.69, 9.17) is 0 Å². The van der Waals surface area contributed by atoms with Crippen molar-refractivity contribution >= 4 is 44.6 Å². The Morgan fingerprint density at radius 1 is 1.16 bits per heavy atom. The highest BCUT2D eigenvalue weighted by molar-refractivity contribution is 9.10. The third-order valence-electron chi connectivity index (χ3n) is 4.00. The molecule has 0 aromatic heterocycles. The van der Waals surface area contributed by atoms with Crippen molar-refractivity contribution in [2.45, 2.75) is 20.8 Å². The molecule has 0 atom stereocenters. The van der Waals surface area contributed by atoms with Crippen LogP contribution in [0.4, 0.5) is 11.4 Å². The zero-order chi connectivity index (χ0) is 18.1. The average Bonchev–Trinajstić information content (AvgIpc) is 2.86. The lowest BCUT2D eigenvalue weighted by Gasteiger charge is -2.13. The van der Waals surface area contributed by atoms with Crippen molar-refractivity contribution in [2.75, 3.05) is 10.4 Å². The average molecular weight is 401 g/mol. The van der Waals surface area contributed by atoms with E-state index in [-0.39, 0.29) is 17.4 Å². The first-order valence-electron chi connectivity index (χ1n) is 7.67. The molecule has 3 rings (SSSR count). The lowest BCUT2D eigenvalue weighted by atomic mass is 10.1. The lowest BCUT2D eigenvalue weighted by Crippen LogP contribution is -2.28. The van der Waals surface area contributed by atoms with E-state index in [1.807, 2.05) is 32.0 Å². The maximum atomic E-state index is 12.7. The number of aromatic hydroxyl groups is 1. The summed E-state index contributed by atoms with van der Waals surface area (Å²) in [6.45, 7) is 5.73. The summed E-state index contributed by atoms with van der Waals surface area (Å²) in [6.07, 6.45) is 0. The van der Waals surface area contributed by atoms with Crippen LogP contribution < -0.4 is 10.4 Å². The van der Waals surface area contributed by atoms with Crippen LogP contribution in [0, 0.1) is 13.8 Å². The number of hydrogen-bond acceptors (Lipinski definition) is 5. The number of carbonyl (C=O) groups excluding carboxylic acids is 1. The van der Waals surface area contributed by atoms with Gasteiger partial charge in [0.1, 0.15) is 0 Å². The zero-order valence-electron chi connectivity index (χ0n) is 14.0. The number of amides is 1. The third kappa shape index (κ3) is 3.28. The van der Waals surface area contributed by atoms with Gasteiger partial charge in [0.15, 0.2) is 11.5 Å². The Morgan fingerprint density at radius 2 is 1.92 bits per heavy atom. The fourth-order valence-electron chi connectivity index (χ4n) is 2.38. The van der Waals surface area contributed by atoms with Crippen LogP contribution in [0.5, 0.6) is 5.75 Å². The number of nitrogens with zero attached hydrogens (tertiary/aromatic N) is 3. The van der Waals surface area contributed by atoms with Crippen LogP contribution in [-0.2, 0) is 4.79 Å². The van der Waals surface area contributed by atoms with E-state index < -0.39 is 0 Å². The fraction of sp³-hybridized carbons (Fsp3) is 0.167. The van der Waals surface area contributed by atoms with E-state index in [2.05, 4.69) is 31.6 Å². The molecule has 1 heterocycles. The van der Waals surface area contributed by atoms with Crippen molar-refractivity contribution in [3.05, 3.63) is 52.0 Å². The van der Waals surface area contributed by atoms with E-state index in [1.165, 1.54) is 5.01 Å². The molecule has 0 spiro atoms. The van der Waals surface area contributed by atoms with Crippen LogP contribution in [-0.4, -0.2) is 22.4 Å². The van der Waals surface area contributed by atoms with Crippen molar-refractivity contribution in [2.24, 2.45) is 10.2 Å². The molecule has 1 aliphatic heterocycles. The quantitative estimate of drug-likeness (QED) is 0.604. The van der Waals surface area contributed by atoms with Crippen molar-refractivity contribution < 1.29 is 9.90 Å². The molecule has 0 saturated heterocycles. The summed E-state index contributed by atoms with van der Waals surface area (Å²) < 4.78 is 0.539. The Labute approximate surface area is 154 Å². The SMILES string of the molecule is CC1=NN(c2ccc(C)c(C)c2)C(=O)/C1=N\Nc1cccc(Br)c1O. The molecule has 0 bridgehead atoms. The first-order valence-corrected chi connectivity index (χ1v) is 8.46. The standard InChI is InChI=1S/C18H17BrN4O2/c1-10-7-8-13(9-11(10)2)23-18(25)16(12(3)22-23)21-20-15-6-4-5-14(19)17(15)24/h4-9,20,24H,1-3H3/b21-16-. The molecule has 7 heteroatoms. The number of halogens is 1. The highest BCUT2D eigenvalue weighted by atomic mass is 79.9. The first-order chi connectivity index (χ1) is 11.9. The molecule has 2 aromatic carbocycles. The Morgan fingerprint density at radius 3 is 2.64 bits per heavy atom. The number of anilines is 2. The largest absolute Gasteiger partial charge is 0.505 e. The van der Waals surface area contributed by atoms with Gasteiger partial charge in [-0.2, -0.15) is 15.2 Å².